The van der Waals surface area contributed by atoms with Crippen LogP contribution in [0, 0.1) is 0 Å². The summed E-state index contributed by atoms with van der Waals surface area (Å²) >= 11 is 0. The predicted octanol–water partition coefficient (Wildman–Crippen LogP) is 4.39. The zero-order chi connectivity index (χ0) is 83.1. The largest absolute Gasteiger partial charge is 1.00 e. The summed E-state index contributed by atoms with van der Waals surface area (Å²) in [7, 11) is -3.43. The summed E-state index contributed by atoms with van der Waals surface area (Å²) in [5.74, 6) is 0. The van der Waals surface area contributed by atoms with E-state index in [2.05, 4.69) is 77.0 Å². The van der Waals surface area contributed by atoms with Crippen molar-refractivity contribution in [2.75, 3.05) is 323 Å². The summed E-state index contributed by atoms with van der Waals surface area (Å²) in [5.41, 5.74) is 4.86. The minimum Gasteiger partial charge on any atom is -1.00 e. The number of aliphatic hydroxyl groups is 3. The van der Waals surface area contributed by atoms with Crippen molar-refractivity contribution in [3.05, 3.63) is 215 Å². The molecular weight excluding hydrogens is 1560 g/mol. The second kappa shape index (κ2) is 78.2. The summed E-state index contributed by atoms with van der Waals surface area (Å²) in [6, 6.07) is 61.8. The van der Waals surface area contributed by atoms with Gasteiger partial charge in [-0.05, 0) is 33.4 Å². The number of ether oxygens (including phenoxy) is 23. The van der Waals surface area contributed by atoms with Crippen LogP contribution >= 0.6 is 0 Å². The molecule has 118 heavy (non-hydrogen) atoms. The van der Waals surface area contributed by atoms with E-state index < -0.39 is 21.3 Å². The van der Waals surface area contributed by atoms with Crippen molar-refractivity contribution in [1.82, 2.24) is 0 Å². The number of rotatable bonds is 78. The quantitative estimate of drug-likeness (QED) is 0.0206. The molecule has 0 spiro atoms. The fraction of sp³-hybridized carbons (Fsp3) is 0.586. The molecule has 0 unspecified atom stereocenters. The first-order chi connectivity index (χ1) is 57.8. The van der Waals surface area contributed by atoms with Gasteiger partial charge in [0, 0.05) is 0 Å². The van der Waals surface area contributed by atoms with Crippen LogP contribution in [0.2, 0.25) is 0 Å². The van der Waals surface area contributed by atoms with Crippen LogP contribution < -0.4 is 29.6 Å². The van der Waals surface area contributed by atoms with Gasteiger partial charge in [-0.2, -0.15) is 8.42 Å². The maximum Gasteiger partial charge on any atom is 1.00 e. The van der Waals surface area contributed by atoms with Crippen molar-refractivity contribution in [3.8, 4) is 0 Å². The Kier molecular flexibility index (Phi) is 71.1. The van der Waals surface area contributed by atoms with Crippen LogP contribution in [0.3, 0.4) is 0 Å². The van der Waals surface area contributed by atoms with E-state index in [0.717, 1.165) is 39.6 Å². The number of aliphatic hydroxyl groups excluding tert-OH is 3. The first-order valence-electron chi connectivity index (χ1n) is 40.2. The molecule has 3 N–H and O–H groups in total. The van der Waals surface area contributed by atoms with Gasteiger partial charge in [0.15, 0.2) is 0 Å². The Morgan fingerprint density at radius 1 is 0.203 bits per heavy atom. The maximum absolute atomic E-state index is 10.8. The maximum atomic E-state index is 10.8. The predicted molar refractivity (Wildman–Crippen MR) is 441 cm³/mol. The Bertz CT molecular complexity index is 2980. The van der Waals surface area contributed by atoms with Gasteiger partial charge in [-0.15, -0.1) is 0 Å². The van der Waals surface area contributed by atoms with Crippen molar-refractivity contribution in [2.24, 2.45) is 0 Å². The van der Waals surface area contributed by atoms with Crippen molar-refractivity contribution in [2.45, 2.75) is 11.2 Å². The fourth-order valence-electron chi connectivity index (χ4n) is 10.7. The van der Waals surface area contributed by atoms with E-state index >= 15 is 0 Å². The van der Waals surface area contributed by atoms with Crippen LogP contribution in [0.4, 0.5) is 0 Å². The first-order valence-corrected chi connectivity index (χ1v) is 42.0. The monoisotopic (exact) mass is 1700 g/mol. The van der Waals surface area contributed by atoms with Crippen molar-refractivity contribution in [3.63, 3.8) is 0 Å². The minimum atomic E-state index is -3.43. The van der Waals surface area contributed by atoms with Crippen molar-refractivity contribution >= 4 is 10.1 Å². The Labute approximate surface area is 723 Å². The van der Waals surface area contributed by atoms with Gasteiger partial charge in [0.2, 0.25) is 0 Å². The van der Waals surface area contributed by atoms with Crippen LogP contribution in [0.25, 0.3) is 0 Å². The van der Waals surface area contributed by atoms with Gasteiger partial charge in [-0.1, -0.05) is 182 Å². The molecule has 0 aliphatic heterocycles. The van der Waals surface area contributed by atoms with Gasteiger partial charge >= 0.3 is 29.6 Å². The zero-order valence-electron chi connectivity index (χ0n) is 70.6. The van der Waals surface area contributed by atoms with Crippen LogP contribution in [0.15, 0.2) is 182 Å². The summed E-state index contributed by atoms with van der Waals surface area (Å²) in [5, 5.41) is 25.3. The molecule has 0 atom stereocenters. The standard InChI is InChI=1S/C43H64O13.C36H50O11S.C8H18O5.Na.H/c44-16-17-45-18-19-46-20-21-47-22-23-48-24-25-49-26-27-50-28-29-51-30-31-52-32-33-53-34-35-54-36-37-55-38-39-56-43(40-10-4-1-5-11-40,41-12-6-2-7-13-41)42-14-8-3-9-15-42;1-48(37,38)47-32-30-45-28-26-43-24-22-41-20-18-39-17-19-40-21-23-42-25-27-44-29-31-46-36(33-11-5-2-6-12-33,34-13-7-3-8-14-34)35-15-9-4-10-16-35;9-1-3-11-5-7-13-8-6-12-4-2-10;;/h1-15,44H,16-39H2;2-16H,17-32H2,1H3;9-10H,1-8H2;;/q;;;+1;-1. The van der Waals surface area contributed by atoms with Gasteiger partial charge in [0.1, 0.15) is 11.2 Å². The van der Waals surface area contributed by atoms with Gasteiger partial charge in [-0.3, -0.25) is 4.18 Å². The molecule has 0 bridgehead atoms. The first kappa shape index (κ1) is 107. The topological polar surface area (TPSA) is 316 Å². The molecule has 0 saturated carbocycles. The summed E-state index contributed by atoms with van der Waals surface area (Å²) in [6.45, 7) is 20.2. The van der Waals surface area contributed by atoms with Gasteiger partial charge in [0.25, 0.3) is 10.1 Å². The molecule has 0 aliphatic carbocycles. The summed E-state index contributed by atoms with van der Waals surface area (Å²) in [4.78, 5) is 0. The smallest absolute Gasteiger partial charge is 1.00 e. The van der Waals surface area contributed by atoms with Crippen LogP contribution in [0.1, 0.15) is 34.8 Å². The zero-order valence-corrected chi connectivity index (χ0v) is 72.4. The molecule has 662 valence electrons. The van der Waals surface area contributed by atoms with Crippen LogP contribution in [-0.2, 0) is 134 Å². The van der Waals surface area contributed by atoms with E-state index in [9.17, 15) is 8.42 Å². The molecule has 0 heterocycles. The van der Waals surface area contributed by atoms with E-state index in [1.165, 1.54) is 0 Å². The van der Waals surface area contributed by atoms with E-state index in [1.54, 1.807) is 0 Å². The Hall–Kier alpha value is -4.81. The van der Waals surface area contributed by atoms with Crippen LogP contribution in [-0.4, -0.2) is 347 Å². The molecule has 6 aromatic rings. The van der Waals surface area contributed by atoms with Gasteiger partial charge in [0.05, 0.1) is 323 Å². The Morgan fingerprint density at radius 3 is 0.449 bits per heavy atom. The molecular formula is C87H133NaO29S. The Morgan fingerprint density at radius 2 is 0.322 bits per heavy atom. The molecule has 31 heteroatoms. The third kappa shape index (κ3) is 54.6. The average Bonchev–Trinajstić information content (AvgIpc) is 0.766. The molecule has 6 aromatic carbocycles. The molecule has 0 saturated heterocycles. The number of hydrogen-bond acceptors (Lipinski definition) is 29. The summed E-state index contributed by atoms with van der Waals surface area (Å²) in [6.07, 6.45) is 0.999. The second-order valence-electron chi connectivity index (χ2n) is 24.8. The van der Waals surface area contributed by atoms with Gasteiger partial charge in [-0.25, -0.2) is 0 Å². The molecule has 0 aromatic heterocycles. The van der Waals surface area contributed by atoms with Gasteiger partial charge < -0.3 is 126 Å². The average molecular weight is 1700 g/mol. The number of hydrogen-bond donors (Lipinski definition) is 3. The minimum absolute atomic E-state index is 0. The fourth-order valence-corrected chi connectivity index (χ4v) is 11.1. The van der Waals surface area contributed by atoms with E-state index in [-0.39, 0.29) is 64.0 Å². The van der Waals surface area contributed by atoms with Crippen molar-refractivity contribution < 1.29 is 168 Å². The van der Waals surface area contributed by atoms with E-state index in [0.29, 0.717) is 284 Å². The van der Waals surface area contributed by atoms with E-state index in [1.807, 2.05) is 109 Å². The molecule has 0 fully saturated rings. The SMILES string of the molecule is CS(=O)(=O)OCCOCCOCCOCCOCCOCCOCCOCCOC(c1ccccc1)(c1ccccc1)c1ccccc1.OCCOCCOCCOCCO.OCCOCCOCCOCCOCCOCCOCCOCCOCCOCCOCCOCCOC(c1ccccc1)(c1ccccc1)c1ccccc1.[H-].[Na+]. The normalized spacial score (nSPS) is 11.6. The number of benzene rings is 6. The molecule has 29 nitrogen and oxygen atoms in total. The molecule has 0 aliphatic rings. The van der Waals surface area contributed by atoms with Crippen LogP contribution in [0.5, 0.6) is 0 Å². The Balaban J connectivity index is 0.000000695. The third-order valence-electron chi connectivity index (χ3n) is 16.1. The van der Waals surface area contributed by atoms with Crippen molar-refractivity contribution in [1.29, 1.82) is 0 Å². The summed E-state index contributed by atoms with van der Waals surface area (Å²) < 4.78 is 154. The molecule has 0 amide bonds. The molecule has 0 radical (unpaired) electrons. The third-order valence-corrected chi connectivity index (χ3v) is 16.7. The molecule has 6 rings (SSSR count). The second-order valence-corrected chi connectivity index (χ2v) is 26.5. The van der Waals surface area contributed by atoms with E-state index in [4.69, 9.17) is 124 Å².